The minimum atomic E-state index is -0.703. The molecule has 0 saturated carbocycles. The van der Waals surface area contributed by atoms with Crippen LogP contribution in [-0.4, -0.2) is 49.8 Å². The average Bonchev–Trinajstić information content (AvgIpc) is 3.14. The zero-order valence-electron chi connectivity index (χ0n) is 15.1. The molecule has 6 nitrogen and oxygen atoms in total. The molecule has 4 rings (SSSR count). The summed E-state index contributed by atoms with van der Waals surface area (Å²) >= 11 is 0. The second-order valence-corrected chi connectivity index (χ2v) is 7.48. The van der Waals surface area contributed by atoms with E-state index in [4.69, 9.17) is 9.47 Å². The van der Waals surface area contributed by atoms with Crippen molar-refractivity contribution in [2.75, 3.05) is 29.4 Å². The van der Waals surface area contributed by atoms with Gasteiger partial charge in [0.15, 0.2) is 11.6 Å². The summed E-state index contributed by atoms with van der Waals surface area (Å²) in [6.07, 6.45) is 1.43. The lowest BCUT2D eigenvalue weighted by Crippen LogP contribution is -2.43. The Morgan fingerprint density at radius 2 is 1.78 bits per heavy atom. The molecule has 0 aliphatic carbocycles. The van der Waals surface area contributed by atoms with Crippen LogP contribution in [0.3, 0.4) is 0 Å². The number of Topliss-reactive ketones (excluding diaryl/α,β-unsaturated/α-hetero) is 1. The summed E-state index contributed by atoms with van der Waals surface area (Å²) < 4.78 is 40.4. The summed E-state index contributed by atoms with van der Waals surface area (Å²) in [5, 5.41) is 0. The van der Waals surface area contributed by atoms with Crippen molar-refractivity contribution in [3.8, 4) is 0 Å². The normalized spacial score (nSPS) is 27.2. The molecule has 0 aromatic heterocycles. The standard InChI is InChI=1S/C19H22F2N2O4/c1-11(24)2-3-15-10-23(19(25)27-15)12-6-16(20)18(17(21)7-12)22-8-13-4-5-14(9-22)26-13/h6-7,13-15H,2-5,8-10H2,1H3/t13?,14?,15-/m0/s1. The number of carbonyl (C=O) groups is 2. The Balaban J connectivity index is 1.52. The minimum absolute atomic E-state index is 0.00502. The van der Waals surface area contributed by atoms with Gasteiger partial charge in [0.1, 0.15) is 17.6 Å². The van der Waals surface area contributed by atoms with Gasteiger partial charge in [0.05, 0.1) is 24.4 Å². The molecule has 2 unspecified atom stereocenters. The van der Waals surface area contributed by atoms with Gasteiger partial charge in [-0.3, -0.25) is 4.90 Å². The second kappa shape index (κ2) is 7.07. The smallest absolute Gasteiger partial charge is 0.414 e. The van der Waals surface area contributed by atoms with E-state index in [1.54, 1.807) is 4.90 Å². The van der Waals surface area contributed by atoms with Crippen molar-refractivity contribution in [1.82, 2.24) is 0 Å². The number of hydrogen-bond donors (Lipinski definition) is 0. The number of anilines is 2. The van der Waals surface area contributed by atoms with Crippen molar-refractivity contribution in [2.24, 2.45) is 0 Å². The van der Waals surface area contributed by atoms with Crippen LogP contribution in [0.1, 0.15) is 32.6 Å². The topological polar surface area (TPSA) is 59.1 Å². The molecule has 0 N–H and O–H groups in total. The van der Waals surface area contributed by atoms with Crippen LogP contribution in [0.2, 0.25) is 0 Å². The molecule has 3 saturated heterocycles. The first-order valence-corrected chi connectivity index (χ1v) is 9.27. The molecule has 1 amide bonds. The van der Waals surface area contributed by atoms with Gasteiger partial charge in [-0.1, -0.05) is 0 Å². The highest BCUT2D eigenvalue weighted by atomic mass is 19.1. The number of hydrogen-bond acceptors (Lipinski definition) is 5. The average molecular weight is 380 g/mol. The summed E-state index contributed by atoms with van der Waals surface area (Å²) in [6.45, 7) is 2.56. The highest BCUT2D eigenvalue weighted by molar-refractivity contribution is 5.90. The van der Waals surface area contributed by atoms with E-state index < -0.39 is 23.8 Å². The van der Waals surface area contributed by atoms with E-state index in [-0.39, 0.29) is 35.9 Å². The minimum Gasteiger partial charge on any atom is -0.444 e. The third-order valence-corrected chi connectivity index (χ3v) is 5.37. The number of carbonyl (C=O) groups excluding carboxylic acids is 2. The Morgan fingerprint density at radius 3 is 2.37 bits per heavy atom. The van der Waals surface area contributed by atoms with Crippen LogP contribution in [0.5, 0.6) is 0 Å². The molecule has 3 aliphatic heterocycles. The predicted octanol–water partition coefficient (Wildman–Crippen LogP) is 3.03. The number of benzene rings is 1. The highest BCUT2D eigenvalue weighted by Gasteiger charge is 2.37. The molecule has 27 heavy (non-hydrogen) atoms. The van der Waals surface area contributed by atoms with E-state index in [9.17, 15) is 18.4 Å². The molecule has 146 valence electrons. The maximum atomic E-state index is 14.8. The lowest BCUT2D eigenvalue weighted by Gasteiger charge is -2.34. The molecular formula is C19H22F2N2O4. The van der Waals surface area contributed by atoms with Crippen molar-refractivity contribution in [3.05, 3.63) is 23.8 Å². The van der Waals surface area contributed by atoms with Gasteiger partial charge in [0.2, 0.25) is 0 Å². The fraction of sp³-hybridized carbons (Fsp3) is 0.579. The highest BCUT2D eigenvalue weighted by Crippen LogP contribution is 2.35. The zero-order valence-corrected chi connectivity index (χ0v) is 15.1. The monoisotopic (exact) mass is 380 g/mol. The molecule has 1 aromatic rings. The van der Waals surface area contributed by atoms with Gasteiger partial charge in [0.25, 0.3) is 0 Å². The molecule has 2 bridgehead atoms. The van der Waals surface area contributed by atoms with Crippen LogP contribution in [0.4, 0.5) is 25.0 Å². The number of rotatable bonds is 5. The summed E-state index contributed by atoms with van der Waals surface area (Å²) in [5.41, 5.74) is 0.0555. The fourth-order valence-corrected chi connectivity index (χ4v) is 4.05. The Bertz CT molecular complexity index is 737. The van der Waals surface area contributed by atoms with Crippen LogP contribution in [0.15, 0.2) is 12.1 Å². The predicted molar refractivity (Wildman–Crippen MR) is 94.0 cm³/mol. The summed E-state index contributed by atoms with van der Waals surface area (Å²) in [6, 6.07) is 2.34. The Labute approximate surface area is 156 Å². The maximum absolute atomic E-state index is 14.8. The van der Waals surface area contributed by atoms with Gasteiger partial charge in [-0.15, -0.1) is 0 Å². The van der Waals surface area contributed by atoms with Crippen LogP contribution in [0.25, 0.3) is 0 Å². The third kappa shape index (κ3) is 3.63. The lowest BCUT2D eigenvalue weighted by molar-refractivity contribution is -0.117. The number of halogens is 2. The first kappa shape index (κ1) is 18.2. The molecule has 3 atom stereocenters. The van der Waals surface area contributed by atoms with Crippen LogP contribution >= 0.6 is 0 Å². The largest absolute Gasteiger partial charge is 0.444 e. The number of ether oxygens (including phenoxy) is 2. The van der Waals surface area contributed by atoms with Gasteiger partial charge in [-0.2, -0.15) is 0 Å². The number of cyclic esters (lactones) is 1. The van der Waals surface area contributed by atoms with E-state index in [0.29, 0.717) is 25.9 Å². The van der Waals surface area contributed by atoms with E-state index in [1.165, 1.54) is 24.0 Å². The van der Waals surface area contributed by atoms with Crippen LogP contribution in [-0.2, 0) is 14.3 Å². The molecule has 1 aromatic carbocycles. The maximum Gasteiger partial charge on any atom is 0.414 e. The second-order valence-electron chi connectivity index (χ2n) is 7.48. The Morgan fingerprint density at radius 1 is 1.15 bits per heavy atom. The fourth-order valence-electron chi connectivity index (χ4n) is 4.05. The van der Waals surface area contributed by atoms with Crippen molar-refractivity contribution in [1.29, 1.82) is 0 Å². The Hall–Kier alpha value is -2.22. The quantitative estimate of drug-likeness (QED) is 0.786. The SMILES string of the molecule is CC(=O)CC[C@H]1CN(c2cc(F)c(N3CC4CCC(C3)O4)c(F)c2)C(=O)O1. The van der Waals surface area contributed by atoms with Crippen molar-refractivity contribution in [2.45, 2.75) is 50.9 Å². The molecule has 3 heterocycles. The molecule has 8 heteroatoms. The first-order valence-electron chi connectivity index (χ1n) is 9.27. The van der Waals surface area contributed by atoms with Gasteiger partial charge < -0.3 is 19.2 Å². The van der Waals surface area contributed by atoms with Crippen LogP contribution < -0.4 is 9.80 Å². The molecule has 3 fully saturated rings. The van der Waals surface area contributed by atoms with Crippen molar-refractivity contribution in [3.63, 3.8) is 0 Å². The number of amides is 1. The van der Waals surface area contributed by atoms with E-state index in [1.807, 2.05) is 0 Å². The van der Waals surface area contributed by atoms with Gasteiger partial charge in [-0.25, -0.2) is 13.6 Å². The molecule has 3 aliphatic rings. The number of nitrogens with zero attached hydrogens (tertiary/aromatic N) is 2. The number of morpholine rings is 1. The molecule has 0 spiro atoms. The third-order valence-electron chi connectivity index (χ3n) is 5.37. The van der Waals surface area contributed by atoms with Gasteiger partial charge >= 0.3 is 6.09 Å². The summed E-state index contributed by atoms with van der Waals surface area (Å²) in [5.74, 6) is -1.40. The number of fused-ring (bicyclic) bond motifs is 2. The van der Waals surface area contributed by atoms with Gasteiger partial charge in [-0.05, 0) is 26.2 Å². The lowest BCUT2D eigenvalue weighted by atomic mass is 10.1. The van der Waals surface area contributed by atoms with Crippen molar-refractivity contribution >= 4 is 23.3 Å². The van der Waals surface area contributed by atoms with Crippen LogP contribution in [0, 0.1) is 11.6 Å². The number of ketones is 1. The summed E-state index contributed by atoms with van der Waals surface area (Å²) in [4.78, 5) is 26.1. The molecular weight excluding hydrogens is 358 g/mol. The van der Waals surface area contributed by atoms with Gasteiger partial charge in [0, 0.05) is 31.6 Å². The van der Waals surface area contributed by atoms with E-state index >= 15 is 0 Å². The molecule has 0 radical (unpaired) electrons. The zero-order chi connectivity index (χ0) is 19.1. The van der Waals surface area contributed by atoms with Crippen molar-refractivity contribution < 1.29 is 27.8 Å². The summed E-state index contributed by atoms with van der Waals surface area (Å²) in [7, 11) is 0. The van der Waals surface area contributed by atoms with E-state index in [2.05, 4.69) is 0 Å². The Kier molecular flexibility index (Phi) is 4.75. The first-order chi connectivity index (χ1) is 12.9. The van der Waals surface area contributed by atoms with E-state index in [0.717, 1.165) is 12.8 Å².